The molecule has 1 N–H and O–H groups in total. The summed E-state index contributed by atoms with van der Waals surface area (Å²) in [6, 6.07) is 17.0. The van der Waals surface area contributed by atoms with Crippen molar-refractivity contribution in [3.8, 4) is 5.75 Å². The molecule has 0 radical (unpaired) electrons. The molecule has 0 unspecified atom stereocenters. The molecule has 2 aromatic carbocycles. The summed E-state index contributed by atoms with van der Waals surface area (Å²) >= 11 is 0. The van der Waals surface area contributed by atoms with E-state index in [4.69, 9.17) is 4.74 Å². The molecule has 0 bridgehead atoms. The molecule has 138 valence electrons. The number of aryl methyl sites for hydroxylation is 1. The van der Waals surface area contributed by atoms with Gasteiger partial charge in [-0.05, 0) is 55.8 Å². The number of methoxy groups -OCH3 is 1. The van der Waals surface area contributed by atoms with Crippen LogP contribution in [0.25, 0.3) is 0 Å². The van der Waals surface area contributed by atoms with Gasteiger partial charge in [-0.1, -0.05) is 12.1 Å². The van der Waals surface area contributed by atoms with Gasteiger partial charge in [0.1, 0.15) is 23.6 Å². The van der Waals surface area contributed by atoms with Crippen LogP contribution in [0.5, 0.6) is 5.75 Å². The number of carbonyl (C=O) groups excluding carboxylic acids is 1. The zero-order chi connectivity index (χ0) is 19.2. The molecule has 0 aliphatic carbocycles. The molecular formula is C21H22N4O2. The second-order valence-corrected chi connectivity index (χ2v) is 6.03. The van der Waals surface area contributed by atoms with Crippen LogP contribution in [-0.2, 0) is 0 Å². The maximum atomic E-state index is 13.0. The van der Waals surface area contributed by atoms with Gasteiger partial charge in [-0.2, -0.15) is 0 Å². The van der Waals surface area contributed by atoms with E-state index in [-0.39, 0.29) is 5.91 Å². The monoisotopic (exact) mass is 362 g/mol. The van der Waals surface area contributed by atoms with Crippen molar-refractivity contribution >= 4 is 23.1 Å². The second-order valence-electron chi connectivity index (χ2n) is 6.03. The van der Waals surface area contributed by atoms with Crippen LogP contribution in [0.1, 0.15) is 23.0 Å². The van der Waals surface area contributed by atoms with E-state index in [0.29, 0.717) is 18.1 Å². The van der Waals surface area contributed by atoms with Gasteiger partial charge < -0.3 is 15.0 Å². The normalized spacial score (nSPS) is 10.3. The Labute approximate surface area is 158 Å². The first-order valence-electron chi connectivity index (χ1n) is 8.72. The van der Waals surface area contributed by atoms with Crippen molar-refractivity contribution in [2.24, 2.45) is 0 Å². The molecule has 0 saturated heterocycles. The van der Waals surface area contributed by atoms with Crippen LogP contribution in [0, 0.1) is 6.92 Å². The van der Waals surface area contributed by atoms with Gasteiger partial charge in [0, 0.05) is 24.0 Å². The smallest absolute Gasteiger partial charge is 0.277 e. The Balaban J connectivity index is 1.81. The van der Waals surface area contributed by atoms with E-state index in [1.54, 1.807) is 18.1 Å². The molecule has 0 atom stereocenters. The molecule has 0 spiro atoms. The lowest BCUT2D eigenvalue weighted by Crippen LogP contribution is -2.31. The molecular weight excluding hydrogens is 340 g/mol. The summed E-state index contributed by atoms with van der Waals surface area (Å²) in [5.41, 5.74) is 3.14. The van der Waals surface area contributed by atoms with Crippen molar-refractivity contribution < 1.29 is 9.53 Å². The average molecular weight is 362 g/mol. The number of aromatic nitrogens is 2. The minimum atomic E-state index is -0.164. The molecule has 1 aromatic heterocycles. The number of rotatable bonds is 6. The van der Waals surface area contributed by atoms with Gasteiger partial charge in [0.2, 0.25) is 0 Å². The molecule has 0 saturated carbocycles. The lowest BCUT2D eigenvalue weighted by Gasteiger charge is -2.21. The zero-order valence-electron chi connectivity index (χ0n) is 15.6. The number of nitrogens with zero attached hydrogens (tertiary/aromatic N) is 3. The van der Waals surface area contributed by atoms with Gasteiger partial charge in [0.25, 0.3) is 5.91 Å². The van der Waals surface area contributed by atoms with Crippen molar-refractivity contribution in [1.29, 1.82) is 0 Å². The number of benzene rings is 2. The Morgan fingerprint density at radius 1 is 1.11 bits per heavy atom. The average Bonchev–Trinajstić information content (AvgIpc) is 2.69. The van der Waals surface area contributed by atoms with Gasteiger partial charge in [-0.3, -0.25) is 4.79 Å². The highest BCUT2D eigenvalue weighted by Crippen LogP contribution is 2.21. The van der Waals surface area contributed by atoms with Crippen LogP contribution >= 0.6 is 0 Å². The molecule has 1 heterocycles. The predicted molar refractivity (Wildman–Crippen MR) is 107 cm³/mol. The molecule has 0 fully saturated rings. The second kappa shape index (κ2) is 8.31. The Hall–Kier alpha value is -3.41. The number of carbonyl (C=O) groups is 1. The van der Waals surface area contributed by atoms with Crippen LogP contribution in [0.15, 0.2) is 60.9 Å². The Morgan fingerprint density at radius 2 is 1.89 bits per heavy atom. The first kappa shape index (κ1) is 18.4. The Kier molecular flexibility index (Phi) is 5.66. The standard InChI is InChI=1S/C21H22N4O2/c1-4-25(17-7-5-6-15(2)12-17)21(26)19-13-20(23-14-22-19)24-16-8-10-18(27-3)11-9-16/h5-14H,4H2,1-3H3,(H,22,23,24). The highest BCUT2D eigenvalue weighted by molar-refractivity contribution is 6.05. The third-order valence-corrected chi connectivity index (χ3v) is 4.12. The molecule has 3 aromatic rings. The summed E-state index contributed by atoms with van der Waals surface area (Å²) in [7, 11) is 1.62. The van der Waals surface area contributed by atoms with Gasteiger partial charge in [-0.25, -0.2) is 9.97 Å². The summed E-state index contributed by atoms with van der Waals surface area (Å²) in [4.78, 5) is 23.0. The number of ether oxygens (including phenoxy) is 1. The molecule has 6 nitrogen and oxygen atoms in total. The molecule has 1 amide bonds. The summed E-state index contributed by atoms with van der Waals surface area (Å²) in [5.74, 6) is 1.16. The topological polar surface area (TPSA) is 67.4 Å². The SMILES string of the molecule is CCN(C(=O)c1cc(Nc2ccc(OC)cc2)ncn1)c1cccc(C)c1. The van der Waals surface area contributed by atoms with E-state index < -0.39 is 0 Å². The van der Waals surface area contributed by atoms with Crippen LogP contribution in [0.4, 0.5) is 17.2 Å². The number of hydrogen-bond acceptors (Lipinski definition) is 5. The maximum Gasteiger partial charge on any atom is 0.277 e. The first-order chi connectivity index (χ1) is 13.1. The maximum absolute atomic E-state index is 13.0. The zero-order valence-corrected chi connectivity index (χ0v) is 15.6. The van der Waals surface area contributed by atoms with E-state index in [9.17, 15) is 4.79 Å². The van der Waals surface area contributed by atoms with Crippen LogP contribution in [-0.4, -0.2) is 29.5 Å². The van der Waals surface area contributed by atoms with Crippen molar-refractivity contribution in [3.63, 3.8) is 0 Å². The van der Waals surface area contributed by atoms with Crippen molar-refractivity contribution in [3.05, 3.63) is 72.2 Å². The lowest BCUT2D eigenvalue weighted by molar-refractivity contribution is 0.0983. The highest BCUT2D eigenvalue weighted by Gasteiger charge is 2.18. The highest BCUT2D eigenvalue weighted by atomic mass is 16.5. The summed E-state index contributed by atoms with van der Waals surface area (Å²) < 4.78 is 5.16. The number of nitrogens with one attached hydrogen (secondary N) is 1. The van der Waals surface area contributed by atoms with Crippen molar-refractivity contribution in [2.45, 2.75) is 13.8 Å². The van der Waals surface area contributed by atoms with Gasteiger partial charge >= 0.3 is 0 Å². The van der Waals surface area contributed by atoms with Crippen LogP contribution in [0.3, 0.4) is 0 Å². The Bertz CT molecular complexity index is 925. The number of hydrogen-bond donors (Lipinski definition) is 1. The molecule has 0 aliphatic heterocycles. The number of amides is 1. The summed E-state index contributed by atoms with van der Waals surface area (Å²) in [6.07, 6.45) is 1.39. The largest absolute Gasteiger partial charge is 0.497 e. The summed E-state index contributed by atoms with van der Waals surface area (Å²) in [6.45, 7) is 4.49. The lowest BCUT2D eigenvalue weighted by atomic mass is 10.2. The third-order valence-electron chi connectivity index (χ3n) is 4.12. The van der Waals surface area contributed by atoms with Crippen molar-refractivity contribution in [1.82, 2.24) is 9.97 Å². The minimum Gasteiger partial charge on any atom is -0.497 e. The van der Waals surface area contributed by atoms with Crippen molar-refractivity contribution in [2.75, 3.05) is 23.9 Å². The van der Waals surface area contributed by atoms with E-state index in [1.165, 1.54) is 6.33 Å². The molecule has 6 heteroatoms. The first-order valence-corrected chi connectivity index (χ1v) is 8.72. The van der Waals surface area contributed by atoms with E-state index in [0.717, 1.165) is 22.7 Å². The third kappa shape index (κ3) is 4.41. The van der Waals surface area contributed by atoms with Gasteiger partial charge in [0.15, 0.2) is 0 Å². The number of anilines is 3. The minimum absolute atomic E-state index is 0.164. The summed E-state index contributed by atoms with van der Waals surface area (Å²) in [5, 5.41) is 3.18. The van der Waals surface area contributed by atoms with Crippen LogP contribution in [0.2, 0.25) is 0 Å². The van der Waals surface area contributed by atoms with Gasteiger partial charge in [0.05, 0.1) is 7.11 Å². The van der Waals surface area contributed by atoms with Crippen LogP contribution < -0.4 is 15.0 Å². The molecule has 0 aliphatic rings. The molecule has 27 heavy (non-hydrogen) atoms. The van der Waals surface area contributed by atoms with E-state index >= 15 is 0 Å². The Morgan fingerprint density at radius 3 is 2.56 bits per heavy atom. The van der Waals surface area contributed by atoms with E-state index in [2.05, 4.69) is 15.3 Å². The molecule has 3 rings (SSSR count). The fourth-order valence-electron chi connectivity index (χ4n) is 2.74. The van der Waals surface area contributed by atoms with Gasteiger partial charge in [-0.15, -0.1) is 0 Å². The van der Waals surface area contributed by atoms with E-state index in [1.807, 2.05) is 62.4 Å². The quantitative estimate of drug-likeness (QED) is 0.712. The fourth-order valence-corrected chi connectivity index (χ4v) is 2.74. The predicted octanol–water partition coefficient (Wildman–Crippen LogP) is 4.20. The fraction of sp³-hybridized carbons (Fsp3) is 0.190.